The van der Waals surface area contributed by atoms with Crippen LogP contribution in [0, 0.1) is 0 Å². The van der Waals surface area contributed by atoms with E-state index in [-0.39, 0.29) is 18.0 Å². The summed E-state index contributed by atoms with van der Waals surface area (Å²) in [5.41, 5.74) is 2.06. The molecule has 0 atom stereocenters. The number of benzene rings is 2. The van der Waals surface area contributed by atoms with Crippen molar-refractivity contribution in [1.82, 2.24) is 4.98 Å². The number of fused-ring (bicyclic) bond motifs is 1. The first-order chi connectivity index (χ1) is 13.3. The van der Waals surface area contributed by atoms with Crippen LogP contribution in [0.15, 0.2) is 48.5 Å². The smallest absolute Gasteiger partial charge is 0.413 e. The van der Waals surface area contributed by atoms with Crippen LogP contribution in [0.25, 0.3) is 22.0 Å². The Hall–Kier alpha value is -3.28. The molecule has 1 aromatic heterocycles. The second-order valence-electron chi connectivity index (χ2n) is 7.38. The summed E-state index contributed by atoms with van der Waals surface area (Å²) < 4.78 is 10.9. The number of anilines is 1. The number of para-hydroxylation sites is 1. The van der Waals surface area contributed by atoms with Crippen LogP contribution in [0.5, 0.6) is 5.75 Å². The molecule has 0 fully saturated rings. The van der Waals surface area contributed by atoms with E-state index in [1.807, 2.05) is 48.5 Å². The fourth-order valence-corrected chi connectivity index (χ4v) is 2.84. The third kappa shape index (κ3) is 4.34. The Labute approximate surface area is 163 Å². The number of amides is 1. The zero-order valence-corrected chi connectivity index (χ0v) is 16.5. The third-order valence-electron chi connectivity index (χ3n) is 4.00. The van der Waals surface area contributed by atoms with E-state index in [4.69, 9.17) is 9.47 Å². The van der Waals surface area contributed by atoms with E-state index >= 15 is 0 Å². The van der Waals surface area contributed by atoms with E-state index in [1.165, 1.54) is 0 Å². The van der Waals surface area contributed by atoms with Gasteiger partial charge in [-0.25, -0.2) is 4.79 Å². The lowest BCUT2D eigenvalue weighted by molar-refractivity contribution is -0.133. The van der Waals surface area contributed by atoms with Crippen molar-refractivity contribution < 1.29 is 19.1 Å². The first kappa shape index (κ1) is 19.5. The molecule has 0 saturated carbocycles. The number of rotatable bonds is 4. The van der Waals surface area contributed by atoms with Gasteiger partial charge in [0, 0.05) is 17.4 Å². The zero-order chi connectivity index (χ0) is 20.3. The Morgan fingerprint density at radius 3 is 2.39 bits per heavy atom. The average molecular weight is 380 g/mol. The van der Waals surface area contributed by atoms with Gasteiger partial charge in [-0.2, -0.15) is 0 Å². The van der Waals surface area contributed by atoms with Gasteiger partial charge >= 0.3 is 12.1 Å². The first-order valence-electron chi connectivity index (χ1n) is 9.19. The van der Waals surface area contributed by atoms with E-state index in [0.29, 0.717) is 5.39 Å². The van der Waals surface area contributed by atoms with Crippen molar-refractivity contribution in [2.45, 2.75) is 39.7 Å². The Morgan fingerprint density at radius 2 is 1.75 bits per heavy atom. The molecular formula is C22H24N2O4. The van der Waals surface area contributed by atoms with Crippen LogP contribution < -0.4 is 10.1 Å². The zero-order valence-electron chi connectivity index (χ0n) is 16.5. The summed E-state index contributed by atoms with van der Waals surface area (Å²) in [6.45, 7) is 7.06. The van der Waals surface area contributed by atoms with Crippen molar-refractivity contribution >= 4 is 28.8 Å². The van der Waals surface area contributed by atoms with Crippen LogP contribution in [-0.2, 0) is 9.53 Å². The van der Waals surface area contributed by atoms with E-state index in [1.54, 1.807) is 27.7 Å². The summed E-state index contributed by atoms with van der Waals surface area (Å²) in [6, 6.07) is 15.5. The highest BCUT2D eigenvalue weighted by atomic mass is 16.6. The van der Waals surface area contributed by atoms with Crippen LogP contribution >= 0.6 is 0 Å². The number of hydrogen-bond acceptors (Lipinski definition) is 4. The lowest BCUT2D eigenvalue weighted by Crippen LogP contribution is -2.27. The Bertz CT molecular complexity index is 1000. The molecule has 146 valence electrons. The van der Waals surface area contributed by atoms with Gasteiger partial charge in [0.25, 0.3) is 0 Å². The number of aromatic amines is 1. The normalized spacial score (nSPS) is 11.3. The minimum Gasteiger partial charge on any atom is -0.444 e. The maximum absolute atomic E-state index is 12.3. The van der Waals surface area contributed by atoms with Gasteiger partial charge in [-0.15, -0.1) is 0 Å². The number of H-pyrrole nitrogens is 1. The second kappa shape index (κ2) is 7.76. The predicted molar refractivity (Wildman–Crippen MR) is 110 cm³/mol. The number of aromatic nitrogens is 1. The van der Waals surface area contributed by atoms with Crippen molar-refractivity contribution in [3.05, 3.63) is 48.5 Å². The maximum atomic E-state index is 12.3. The number of nitrogens with one attached hydrogen (secondary N) is 2. The van der Waals surface area contributed by atoms with Gasteiger partial charge in [-0.3, -0.25) is 10.1 Å². The molecule has 2 aromatic carbocycles. The van der Waals surface area contributed by atoms with Gasteiger partial charge in [0.15, 0.2) is 11.6 Å². The summed E-state index contributed by atoms with van der Waals surface area (Å²) in [4.78, 5) is 27.4. The number of esters is 1. The Balaban J connectivity index is 2.09. The monoisotopic (exact) mass is 380 g/mol. The molecule has 1 amide bonds. The molecule has 6 nitrogen and oxygen atoms in total. The summed E-state index contributed by atoms with van der Waals surface area (Å²) in [5, 5.41) is 3.37. The van der Waals surface area contributed by atoms with Gasteiger partial charge in [-0.1, -0.05) is 49.4 Å². The van der Waals surface area contributed by atoms with Gasteiger partial charge in [0.2, 0.25) is 0 Å². The average Bonchev–Trinajstić information content (AvgIpc) is 2.97. The van der Waals surface area contributed by atoms with Crippen molar-refractivity contribution in [1.29, 1.82) is 0 Å². The van der Waals surface area contributed by atoms with Crippen molar-refractivity contribution in [2.24, 2.45) is 0 Å². The Morgan fingerprint density at radius 1 is 1.04 bits per heavy atom. The van der Waals surface area contributed by atoms with Gasteiger partial charge in [-0.05, 0) is 32.4 Å². The number of carbonyl (C=O) groups excluding carboxylic acids is 2. The quantitative estimate of drug-likeness (QED) is 0.586. The molecule has 1 heterocycles. The molecule has 0 aliphatic carbocycles. The van der Waals surface area contributed by atoms with Crippen LogP contribution in [-0.4, -0.2) is 22.6 Å². The summed E-state index contributed by atoms with van der Waals surface area (Å²) in [7, 11) is 0. The van der Waals surface area contributed by atoms with Crippen LogP contribution in [0.1, 0.15) is 34.1 Å². The summed E-state index contributed by atoms with van der Waals surface area (Å²) in [6.07, 6.45) is -0.411. The highest BCUT2D eigenvalue weighted by Crippen LogP contribution is 2.39. The lowest BCUT2D eigenvalue weighted by Gasteiger charge is -2.19. The highest BCUT2D eigenvalue weighted by molar-refractivity contribution is 6.04. The number of ether oxygens (including phenoxy) is 2. The third-order valence-corrected chi connectivity index (χ3v) is 4.00. The first-order valence-corrected chi connectivity index (χ1v) is 9.19. The molecule has 0 radical (unpaired) electrons. The van der Waals surface area contributed by atoms with Crippen molar-refractivity contribution in [3.63, 3.8) is 0 Å². The molecule has 0 spiro atoms. The maximum Gasteiger partial charge on any atom is 0.413 e. The van der Waals surface area contributed by atoms with Crippen LogP contribution in [0.4, 0.5) is 10.6 Å². The molecule has 0 unspecified atom stereocenters. The summed E-state index contributed by atoms with van der Waals surface area (Å²) >= 11 is 0. The molecule has 2 N–H and O–H groups in total. The molecule has 0 aliphatic rings. The largest absolute Gasteiger partial charge is 0.444 e. The van der Waals surface area contributed by atoms with Crippen LogP contribution in [0.2, 0.25) is 0 Å². The van der Waals surface area contributed by atoms with E-state index in [2.05, 4.69) is 10.3 Å². The summed E-state index contributed by atoms with van der Waals surface area (Å²) in [5.74, 6) is 0.179. The molecule has 6 heteroatoms. The Kier molecular flexibility index (Phi) is 5.40. The molecule has 0 saturated heterocycles. The van der Waals surface area contributed by atoms with Gasteiger partial charge in [0.1, 0.15) is 5.60 Å². The topological polar surface area (TPSA) is 80.4 Å². The molecule has 0 aliphatic heterocycles. The SMILES string of the molecule is CCC(=O)Oc1c(NC(=O)OC(C)(C)C)[nH]c2c(-c3ccccc3)cccc12. The number of carbonyl (C=O) groups is 2. The molecule has 28 heavy (non-hydrogen) atoms. The minimum absolute atomic E-state index is 0.219. The lowest BCUT2D eigenvalue weighted by atomic mass is 10.0. The molecule has 0 bridgehead atoms. The second-order valence-corrected chi connectivity index (χ2v) is 7.38. The highest BCUT2D eigenvalue weighted by Gasteiger charge is 2.22. The van der Waals surface area contributed by atoms with Gasteiger partial charge < -0.3 is 14.5 Å². The van der Waals surface area contributed by atoms with E-state index in [0.717, 1.165) is 16.6 Å². The number of hydrogen-bond donors (Lipinski definition) is 2. The fraction of sp³-hybridized carbons (Fsp3) is 0.273. The predicted octanol–water partition coefficient (Wildman–Crippen LogP) is 5.50. The fourth-order valence-electron chi connectivity index (χ4n) is 2.84. The standard InChI is InChI=1S/C22H24N2O4/c1-5-17(25)27-19-16-13-9-12-15(14-10-7-6-8-11-14)18(16)23-20(19)24-21(26)28-22(2,3)4/h6-13,23H,5H2,1-4H3,(H,24,26). The molecule has 3 rings (SSSR count). The van der Waals surface area contributed by atoms with Gasteiger partial charge in [0.05, 0.1) is 5.52 Å². The van der Waals surface area contributed by atoms with E-state index < -0.39 is 17.7 Å². The van der Waals surface area contributed by atoms with E-state index in [9.17, 15) is 9.59 Å². The minimum atomic E-state index is -0.647. The van der Waals surface area contributed by atoms with Crippen molar-refractivity contribution in [2.75, 3.05) is 5.32 Å². The molecular weight excluding hydrogens is 356 g/mol. The van der Waals surface area contributed by atoms with Crippen molar-refractivity contribution in [3.8, 4) is 16.9 Å². The molecule has 3 aromatic rings. The van der Waals surface area contributed by atoms with Crippen LogP contribution in [0.3, 0.4) is 0 Å².